The lowest BCUT2D eigenvalue weighted by Crippen LogP contribution is -2.63. The number of rotatable bonds is 12. The van der Waals surface area contributed by atoms with Gasteiger partial charge in [0.15, 0.2) is 0 Å². The van der Waals surface area contributed by atoms with Crippen LogP contribution in [0.2, 0.25) is 0 Å². The van der Waals surface area contributed by atoms with Gasteiger partial charge in [-0.1, -0.05) is 103 Å². The number of hydrogen-bond donors (Lipinski definition) is 0. The standard InChI is InChI=1S/C39H45FN2O3/c1-30-38(44-28-33-15-7-3-8-16-33)39(45-29-34-17-9-4-10-18-34)37(43-27-32-13-5-2-6-14-32)26-42(30)25-31-21-23-41(24-22-31)36-20-12-11-19-35(36)40/h2-20,30-31,37-39H,21-29H2,1H3/t30-,37+,38-,39-/m1/s1. The molecule has 0 radical (unpaired) electrons. The minimum atomic E-state index is -0.230. The third-order valence-electron chi connectivity index (χ3n) is 9.33. The molecule has 0 aromatic heterocycles. The third kappa shape index (κ3) is 8.39. The predicted molar refractivity (Wildman–Crippen MR) is 177 cm³/mol. The Bertz CT molecular complexity index is 1430. The molecule has 0 spiro atoms. The minimum Gasteiger partial charge on any atom is -0.369 e. The monoisotopic (exact) mass is 608 g/mol. The first-order valence-electron chi connectivity index (χ1n) is 16.3. The molecule has 45 heavy (non-hydrogen) atoms. The highest BCUT2D eigenvalue weighted by atomic mass is 19.1. The molecule has 0 bridgehead atoms. The van der Waals surface area contributed by atoms with E-state index < -0.39 is 0 Å². The minimum absolute atomic E-state index is 0.135. The van der Waals surface area contributed by atoms with Crippen molar-refractivity contribution in [3.8, 4) is 0 Å². The van der Waals surface area contributed by atoms with Gasteiger partial charge in [-0.15, -0.1) is 0 Å². The van der Waals surface area contributed by atoms with E-state index in [1.165, 1.54) is 0 Å². The highest BCUT2D eigenvalue weighted by Crippen LogP contribution is 2.32. The van der Waals surface area contributed by atoms with E-state index in [4.69, 9.17) is 14.2 Å². The van der Waals surface area contributed by atoms with E-state index >= 15 is 0 Å². The molecule has 2 heterocycles. The maximum absolute atomic E-state index is 14.5. The molecule has 0 unspecified atom stereocenters. The Morgan fingerprint density at radius 1 is 0.622 bits per heavy atom. The van der Waals surface area contributed by atoms with E-state index in [1.54, 1.807) is 12.1 Å². The van der Waals surface area contributed by atoms with E-state index in [-0.39, 0.29) is 30.2 Å². The fourth-order valence-corrected chi connectivity index (χ4v) is 6.73. The van der Waals surface area contributed by atoms with Crippen LogP contribution in [0.3, 0.4) is 0 Å². The van der Waals surface area contributed by atoms with Crippen molar-refractivity contribution in [2.45, 2.75) is 63.9 Å². The van der Waals surface area contributed by atoms with Crippen molar-refractivity contribution in [2.24, 2.45) is 5.92 Å². The van der Waals surface area contributed by atoms with Crippen molar-refractivity contribution >= 4 is 5.69 Å². The summed E-state index contributed by atoms with van der Waals surface area (Å²) in [4.78, 5) is 4.74. The van der Waals surface area contributed by atoms with Crippen LogP contribution in [0.5, 0.6) is 0 Å². The van der Waals surface area contributed by atoms with Gasteiger partial charge >= 0.3 is 0 Å². The van der Waals surface area contributed by atoms with Crippen LogP contribution in [0.4, 0.5) is 10.1 Å². The lowest BCUT2D eigenvalue weighted by molar-refractivity contribution is -0.202. The molecule has 2 aliphatic heterocycles. The summed E-state index contributed by atoms with van der Waals surface area (Å²) in [5, 5.41) is 0. The van der Waals surface area contributed by atoms with Crippen molar-refractivity contribution in [2.75, 3.05) is 31.1 Å². The number of hydrogen-bond acceptors (Lipinski definition) is 5. The van der Waals surface area contributed by atoms with Crippen LogP contribution in [0, 0.1) is 11.7 Å². The number of ether oxygens (including phenoxy) is 3. The van der Waals surface area contributed by atoms with Crippen LogP contribution in [-0.4, -0.2) is 55.4 Å². The molecule has 4 aromatic carbocycles. The van der Waals surface area contributed by atoms with Gasteiger partial charge in [0.25, 0.3) is 0 Å². The molecule has 2 fully saturated rings. The fraction of sp³-hybridized carbons (Fsp3) is 0.385. The summed E-state index contributed by atoms with van der Waals surface area (Å²) in [6, 6.07) is 38.3. The van der Waals surface area contributed by atoms with Gasteiger partial charge in [0.2, 0.25) is 0 Å². The van der Waals surface area contributed by atoms with Crippen LogP contribution in [-0.2, 0) is 34.0 Å². The molecule has 5 nitrogen and oxygen atoms in total. The summed E-state index contributed by atoms with van der Waals surface area (Å²) in [6.07, 6.45) is 1.48. The fourth-order valence-electron chi connectivity index (χ4n) is 6.73. The third-order valence-corrected chi connectivity index (χ3v) is 9.33. The molecule has 0 saturated carbocycles. The zero-order valence-corrected chi connectivity index (χ0v) is 26.2. The Morgan fingerprint density at radius 3 is 1.67 bits per heavy atom. The Hall–Kier alpha value is -3.55. The van der Waals surface area contributed by atoms with E-state index in [0.717, 1.165) is 55.7 Å². The maximum atomic E-state index is 14.5. The molecule has 6 rings (SSSR count). The molecule has 0 N–H and O–H groups in total. The summed E-state index contributed by atoms with van der Waals surface area (Å²) in [6.45, 7) is 7.25. The molecule has 4 aromatic rings. The molecule has 2 saturated heterocycles. The van der Waals surface area contributed by atoms with E-state index in [0.29, 0.717) is 31.4 Å². The van der Waals surface area contributed by atoms with Gasteiger partial charge in [-0.25, -0.2) is 4.39 Å². The average molecular weight is 609 g/mol. The highest BCUT2D eigenvalue weighted by molar-refractivity contribution is 5.47. The number of piperidine rings is 2. The van der Waals surface area contributed by atoms with Crippen LogP contribution in [0.1, 0.15) is 36.5 Å². The molecule has 4 atom stereocenters. The Balaban J connectivity index is 1.19. The lowest BCUT2D eigenvalue weighted by atomic mass is 9.90. The van der Waals surface area contributed by atoms with Crippen molar-refractivity contribution in [3.05, 3.63) is 138 Å². The van der Waals surface area contributed by atoms with Gasteiger partial charge in [-0.2, -0.15) is 0 Å². The van der Waals surface area contributed by atoms with Gasteiger partial charge in [-0.05, 0) is 54.5 Å². The van der Waals surface area contributed by atoms with E-state index in [2.05, 4.69) is 77.4 Å². The number of likely N-dealkylation sites (tertiary alicyclic amines) is 1. The van der Waals surface area contributed by atoms with E-state index in [1.807, 2.05) is 42.5 Å². The highest BCUT2D eigenvalue weighted by Gasteiger charge is 2.44. The van der Waals surface area contributed by atoms with Gasteiger partial charge in [0.1, 0.15) is 18.0 Å². The molecule has 2 aliphatic rings. The molecule has 6 heteroatoms. The number of benzene rings is 4. The summed E-state index contributed by atoms with van der Waals surface area (Å²) in [5.74, 6) is 0.376. The SMILES string of the molecule is C[C@@H]1[C@@H](OCc2ccccc2)[C@H](OCc2ccccc2)[C@@H](OCc2ccccc2)CN1CC1CCN(c2ccccc2F)CC1. The van der Waals surface area contributed by atoms with Crippen LogP contribution >= 0.6 is 0 Å². The van der Waals surface area contributed by atoms with E-state index in [9.17, 15) is 4.39 Å². The largest absolute Gasteiger partial charge is 0.369 e. The quantitative estimate of drug-likeness (QED) is 0.166. The normalized spacial score (nSPS) is 22.8. The number of halogens is 1. The second kappa shape index (κ2) is 15.6. The number of para-hydroxylation sites is 1. The van der Waals surface area contributed by atoms with Crippen LogP contribution in [0.15, 0.2) is 115 Å². The van der Waals surface area contributed by atoms with Crippen molar-refractivity contribution in [1.82, 2.24) is 4.90 Å². The van der Waals surface area contributed by atoms with Gasteiger partial charge in [0.05, 0.1) is 31.6 Å². The van der Waals surface area contributed by atoms with Gasteiger partial charge in [-0.3, -0.25) is 4.90 Å². The Morgan fingerprint density at radius 2 is 1.11 bits per heavy atom. The molecular weight excluding hydrogens is 563 g/mol. The summed E-state index contributed by atoms with van der Waals surface area (Å²) < 4.78 is 34.7. The first-order valence-corrected chi connectivity index (χ1v) is 16.3. The summed E-state index contributed by atoms with van der Waals surface area (Å²) >= 11 is 0. The first kappa shape index (κ1) is 31.4. The van der Waals surface area contributed by atoms with Gasteiger partial charge < -0.3 is 19.1 Å². The second-order valence-electron chi connectivity index (χ2n) is 12.4. The molecule has 236 valence electrons. The predicted octanol–water partition coefficient (Wildman–Crippen LogP) is 7.50. The Labute approximate surface area is 267 Å². The smallest absolute Gasteiger partial charge is 0.146 e. The second-order valence-corrected chi connectivity index (χ2v) is 12.4. The molecular formula is C39H45FN2O3. The topological polar surface area (TPSA) is 34.2 Å². The zero-order chi connectivity index (χ0) is 30.8. The van der Waals surface area contributed by atoms with Crippen molar-refractivity contribution in [1.29, 1.82) is 0 Å². The lowest BCUT2D eigenvalue weighted by Gasteiger charge is -2.49. The summed E-state index contributed by atoms with van der Waals surface area (Å²) in [5.41, 5.74) is 4.14. The van der Waals surface area contributed by atoms with Gasteiger partial charge in [0, 0.05) is 32.2 Å². The maximum Gasteiger partial charge on any atom is 0.146 e. The van der Waals surface area contributed by atoms with Crippen LogP contribution in [0.25, 0.3) is 0 Å². The summed E-state index contributed by atoms with van der Waals surface area (Å²) in [7, 11) is 0. The number of nitrogens with zero attached hydrogens (tertiary/aromatic N) is 2. The van der Waals surface area contributed by atoms with Crippen LogP contribution < -0.4 is 4.90 Å². The Kier molecular flexibility index (Phi) is 10.9. The molecule has 0 amide bonds. The zero-order valence-electron chi connectivity index (χ0n) is 26.2. The van der Waals surface area contributed by atoms with Crippen molar-refractivity contribution in [3.63, 3.8) is 0 Å². The number of anilines is 1. The average Bonchev–Trinajstić information content (AvgIpc) is 3.09. The molecule has 0 aliphatic carbocycles. The van der Waals surface area contributed by atoms with Crippen molar-refractivity contribution < 1.29 is 18.6 Å². The first-order chi connectivity index (χ1) is 22.1.